The Bertz CT molecular complexity index is 1210. The summed E-state index contributed by atoms with van der Waals surface area (Å²) in [5.41, 5.74) is 2.22. The number of nitrogens with zero attached hydrogens (tertiary/aromatic N) is 2. The molecule has 0 saturated carbocycles. The van der Waals surface area contributed by atoms with Gasteiger partial charge < -0.3 is 25.8 Å². The molecule has 36 heavy (non-hydrogen) atoms. The summed E-state index contributed by atoms with van der Waals surface area (Å²) in [6.07, 6.45) is -0.766. The molecule has 0 radical (unpaired) electrons. The second-order valence-corrected chi connectivity index (χ2v) is 8.21. The van der Waals surface area contributed by atoms with Crippen LogP contribution in [0.15, 0.2) is 42.9 Å². The van der Waals surface area contributed by atoms with Gasteiger partial charge in [-0.25, -0.2) is 9.59 Å². The quantitative estimate of drug-likeness (QED) is 0.315. The second-order valence-electron chi connectivity index (χ2n) is 8.21. The smallest absolute Gasteiger partial charge is 0.475 e. The first-order valence-corrected chi connectivity index (χ1v) is 10.5. The molecule has 0 fully saturated rings. The largest absolute Gasteiger partial charge is 0.490 e. The van der Waals surface area contributed by atoms with Crippen molar-refractivity contribution >= 4 is 40.2 Å². The van der Waals surface area contributed by atoms with Gasteiger partial charge in [0.2, 0.25) is 0 Å². The summed E-state index contributed by atoms with van der Waals surface area (Å²) in [5.74, 6) is -3.05. The molecule has 3 rings (SSSR count). The van der Waals surface area contributed by atoms with Gasteiger partial charge >= 0.3 is 18.2 Å². The number of hydrogen-bond acceptors (Lipinski definition) is 7. The summed E-state index contributed by atoms with van der Waals surface area (Å²) in [5, 5.41) is 23.6. The second kappa shape index (κ2) is 11.9. The highest BCUT2D eigenvalue weighted by molar-refractivity contribution is 6.00. The molecule has 2 heterocycles. The number of rotatable bonds is 6. The molecule has 11 nitrogen and oxygen atoms in total. The third-order valence-corrected chi connectivity index (χ3v) is 4.11. The lowest BCUT2D eigenvalue weighted by Gasteiger charge is -2.19. The number of halogens is 3. The average molecular weight is 510 g/mol. The summed E-state index contributed by atoms with van der Waals surface area (Å²) >= 11 is 0. The standard InChI is InChI=1S/C20H24N6O3.C2HF3O2/c1-20(2,3)29-19(28)23-9-8-22-18(27)15-12-21-7-6-17(15)25-14-4-5-16-13(10-14)11-24-26-16;3-2(4,5)1(6)7/h4-7,10-12H,8-9H2,1-3H3,(H,21,25)(H,22,27)(H,23,28)(H,24,26);(H,6,7). The molecule has 3 aromatic rings. The highest BCUT2D eigenvalue weighted by Crippen LogP contribution is 2.23. The monoisotopic (exact) mass is 510 g/mol. The number of alkyl carbamates (subject to hydrolysis) is 1. The van der Waals surface area contributed by atoms with Crippen molar-refractivity contribution in [1.82, 2.24) is 25.8 Å². The fourth-order valence-electron chi connectivity index (χ4n) is 2.61. The Labute approximate surface area is 203 Å². The number of H-pyrrole nitrogens is 1. The van der Waals surface area contributed by atoms with E-state index in [0.29, 0.717) is 11.3 Å². The number of carbonyl (C=O) groups excluding carboxylic acids is 2. The molecule has 0 bridgehead atoms. The van der Waals surface area contributed by atoms with E-state index in [0.717, 1.165) is 16.6 Å². The Morgan fingerprint density at radius 1 is 1.06 bits per heavy atom. The van der Waals surface area contributed by atoms with E-state index in [1.165, 1.54) is 6.20 Å². The number of nitrogens with one attached hydrogen (secondary N) is 4. The van der Waals surface area contributed by atoms with Crippen LogP contribution in [0.2, 0.25) is 0 Å². The molecule has 14 heteroatoms. The number of amides is 2. The third-order valence-electron chi connectivity index (χ3n) is 4.11. The van der Waals surface area contributed by atoms with Gasteiger partial charge in [-0.3, -0.25) is 14.9 Å². The van der Waals surface area contributed by atoms with E-state index < -0.39 is 23.8 Å². The van der Waals surface area contributed by atoms with Gasteiger partial charge in [-0.1, -0.05) is 0 Å². The van der Waals surface area contributed by atoms with Crippen LogP contribution in [0.3, 0.4) is 0 Å². The number of aromatic amines is 1. The summed E-state index contributed by atoms with van der Waals surface area (Å²) in [4.78, 5) is 37.1. The Hall–Kier alpha value is -4.36. The number of pyridine rings is 1. The van der Waals surface area contributed by atoms with Crippen molar-refractivity contribution in [2.45, 2.75) is 32.5 Å². The SMILES string of the molecule is CC(C)(C)OC(=O)NCCNC(=O)c1cnccc1Nc1ccc2[nH]ncc2c1.O=C(O)C(F)(F)F. The highest BCUT2D eigenvalue weighted by Gasteiger charge is 2.38. The number of carboxylic acids is 1. The number of carboxylic acid groups (broad SMARTS) is 1. The fraction of sp³-hybridized carbons (Fsp3) is 0.318. The van der Waals surface area contributed by atoms with Crippen LogP contribution in [-0.2, 0) is 9.53 Å². The summed E-state index contributed by atoms with van der Waals surface area (Å²) in [6, 6.07) is 7.47. The first-order valence-electron chi connectivity index (χ1n) is 10.5. The van der Waals surface area contributed by atoms with Gasteiger partial charge in [0.15, 0.2) is 0 Å². The summed E-state index contributed by atoms with van der Waals surface area (Å²) in [7, 11) is 0. The molecule has 2 amide bonds. The number of benzene rings is 1. The average Bonchev–Trinajstić information content (AvgIpc) is 3.23. The van der Waals surface area contributed by atoms with E-state index in [1.807, 2.05) is 18.2 Å². The number of ether oxygens (including phenoxy) is 1. The molecule has 2 aromatic heterocycles. The van der Waals surface area contributed by atoms with Crippen molar-refractivity contribution in [2.24, 2.45) is 0 Å². The van der Waals surface area contributed by atoms with Crippen LogP contribution in [0.25, 0.3) is 10.9 Å². The Morgan fingerprint density at radius 2 is 1.72 bits per heavy atom. The van der Waals surface area contributed by atoms with Gasteiger partial charge in [-0.05, 0) is 45.0 Å². The summed E-state index contributed by atoms with van der Waals surface area (Å²) < 4.78 is 36.9. The Balaban J connectivity index is 0.000000572. The number of carbonyl (C=O) groups is 3. The number of alkyl halides is 3. The molecule has 0 aliphatic rings. The highest BCUT2D eigenvalue weighted by atomic mass is 19.4. The first-order chi connectivity index (χ1) is 16.8. The molecule has 0 atom stereocenters. The van der Waals surface area contributed by atoms with Crippen LogP contribution in [0.4, 0.5) is 29.3 Å². The third kappa shape index (κ3) is 9.12. The lowest BCUT2D eigenvalue weighted by atomic mass is 10.2. The zero-order valence-corrected chi connectivity index (χ0v) is 19.6. The lowest BCUT2D eigenvalue weighted by Crippen LogP contribution is -2.38. The lowest BCUT2D eigenvalue weighted by molar-refractivity contribution is -0.192. The molecule has 0 spiro atoms. The molecule has 0 aliphatic heterocycles. The molecular weight excluding hydrogens is 485 g/mol. The van der Waals surface area contributed by atoms with Gasteiger partial charge in [0.1, 0.15) is 5.60 Å². The van der Waals surface area contributed by atoms with E-state index in [9.17, 15) is 22.8 Å². The maximum atomic E-state index is 12.6. The number of aliphatic carboxylic acids is 1. The predicted octanol–water partition coefficient (Wildman–Crippen LogP) is 3.59. The van der Waals surface area contributed by atoms with Gasteiger partial charge in [0, 0.05) is 36.6 Å². The Kier molecular flexibility index (Phi) is 9.19. The van der Waals surface area contributed by atoms with E-state index >= 15 is 0 Å². The maximum Gasteiger partial charge on any atom is 0.490 e. The van der Waals surface area contributed by atoms with Crippen molar-refractivity contribution in [3.63, 3.8) is 0 Å². The van der Waals surface area contributed by atoms with E-state index in [-0.39, 0.29) is 19.0 Å². The molecule has 194 valence electrons. The van der Waals surface area contributed by atoms with E-state index in [1.54, 1.807) is 39.2 Å². The molecule has 5 N–H and O–H groups in total. The zero-order valence-electron chi connectivity index (χ0n) is 19.6. The number of fused-ring (bicyclic) bond motifs is 1. The minimum atomic E-state index is -5.08. The van der Waals surface area contributed by atoms with Crippen molar-refractivity contribution in [1.29, 1.82) is 0 Å². The minimum absolute atomic E-state index is 0.251. The van der Waals surface area contributed by atoms with Crippen LogP contribution in [-0.4, -0.2) is 63.1 Å². The van der Waals surface area contributed by atoms with Crippen molar-refractivity contribution in [2.75, 3.05) is 18.4 Å². The number of anilines is 2. The molecule has 0 aliphatic carbocycles. The minimum Gasteiger partial charge on any atom is -0.475 e. The fourth-order valence-corrected chi connectivity index (χ4v) is 2.61. The van der Waals surface area contributed by atoms with Crippen LogP contribution in [0, 0.1) is 0 Å². The van der Waals surface area contributed by atoms with Gasteiger partial charge in [-0.2, -0.15) is 18.3 Å². The number of aromatic nitrogens is 3. The van der Waals surface area contributed by atoms with Crippen LogP contribution in [0.5, 0.6) is 0 Å². The van der Waals surface area contributed by atoms with Gasteiger partial charge in [0.25, 0.3) is 5.91 Å². The van der Waals surface area contributed by atoms with Crippen molar-refractivity contribution < 1.29 is 37.4 Å². The predicted molar refractivity (Wildman–Crippen MR) is 124 cm³/mol. The Morgan fingerprint density at radius 3 is 2.36 bits per heavy atom. The van der Waals surface area contributed by atoms with E-state index in [2.05, 4.69) is 31.1 Å². The normalized spacial score (nSPS) is 11.2. The van der Waals surface area contributed by atoms with E-state index in [4.69, 9.17) is 14.6 Å². The molecule has 0 unspecified atom stereocenters. The molecule has 0 saturated heterocycles. The summed E-state index contributed by atoms with van der Waals surface area (Å²) in [6.45, 7) is 5.87. The van der Waals surface area contributed by atoms with Gasteiger partial charge in [0.05, 0.1) is 23.0 Å². The van der Waals surface area contributed by atoms with Crippen LogP contribution in [0.1, 0.15) is 31.1 Å². The van der Waals surface area contributed by atoms with Crippen LogP contribution >= 0.6 is 0 Å². The zero-order chi connectivity index (χ0) is 26.9. The first kappa shape index (κ1) is 27.9. The van der Waals surface area contributed by atoms with Crippen molar-refractivity contribution in [3.8, 4) is 0 Å². The maximum absolute atomic E-state index is 12.6. The van der Waals surface area contributed by atoms with Crippen molar-refractivity contribution in [3.05, 3.63) is 48.4 Å². The van der Waals surface area contributed by atoms with Crippen LogP contribution < -0.4 is 16.0 Å². The molecule has 1 aromatic carbocycles. The van der Waals surface area contributed by atoms with Gasteiger partial charge in [-0.15, -0.1) is 0 Å². The molecular formula is C22H25F3N6O5. The topological polar surface area (TPSA) is 158 Å². The number of hydrogen-bond donors (Lipinski definition) is 5.